The van der Waals surface area contributed by atoms with E-state index in [1.54, 1.807) is 36.4 Å². The third-order valence-corrected chi connectivity index (χ3v) is 5.16. The smallest absolute Gasteiger partial charge is 0.239 e. The van der Waals surface area contributed by atoms with Gasteiger partial charge in [-0.1, -0.05) is 38.1 Å². The Balaban J connectivity index is 2.09. The van der Waals surface area contributed by atoms with Crippen molar-refractivity contribution in [1.29, 1.82) is 0 Å². The van der Waals surface area contributed by atoms with Crippen molar-refractivity contribution in [1.82, 2.24) is 0 Å². The molecule has 0 bridgehead atoms. The Kier molecular flexibility index (Phi) is 5.21. The average Bonchev–Trinajstić information content (AvgIpc) is 2.46. The first kappa shape index (κ1) is 17.2. The van der Waals surface area contributed by atoms with E-state index in [0.717, 1.165) is 11.1 Å². The molecule has 0 aliphatic carbocycles. The monoisotopic (exact) mass is 331 g/mol. The molecule has 0 spiro atoms. The van der Waals surface area contributed by atoms with Crippen LogP contribution >= 0.6 is 0 Å². The van der Waals surface area contributed by atoms with Gasteiger partial charge in [0.2, 0.25) is 5.91 Å². The number of sulfone groups is 1. The summed E-state index contributed by atoms with van der Waals surface area (Å²) in [5.41, 5.74) is 2.66. The molecule has 1 N–H and O–H groups in total. The number of carbonyl (C=O) groups is 1. The van der Waals surface area contributed by atoms with Crippen LogP contribution in [0.5, 0.6) is 0 Å². The molecule has 0 unspecified atom stereocenters. The standard InChI is InChI=1S/C18H21NO3S/c1-13(2)15-7-9-17(10-8-15)23(21,22)12-18(20)19-16-6-4-5-14(3)11-16/h4-11,13H,12H2,1-3H3,(H,19,20). The van der Waals surface area contributed by atoms with Crippen molar-refractivity contribution in [2.24, 2.45) is 0 Å². The van der Waals surface area contributed by atoms with Crippen LogP contribution in [0.15, 0.2) is 53.4 Å². The van der Waals surface area contributed by atoms with Crippen molar-refractivity contribution in [3.8, 4) is 0 Å². The van der Waals surface area contributed by atoms with Gasteiger partial charge in [-0.15, -0.1) is 0 Å². The summed E-state index contributed by atoms with van der Waals surface area (Å²) in [6.07, 6.45) is 0. The molecule has 5 heteroatoms. The zero-order valence-corrected chi connectivity index (χ0v) is 14.4. The predicted molar refractivity (Wildman–Crippen MR) is 92.4 cm³/mol. The van der Waals surface area contributed by atoms with Gasteiger partial charge in [0.25, 0.3) is 0 Å². The number of aryl methyl sites for hydroxylation is 1. The fraction of sp³-hybridized carbons (Fsp3) is 0.278. The van der Waals surface area contributed by atoms with Gasteiger partial charge in [-0.3, -0.25) is 4.79 Å². The minimum absolute atomic E-state index is 0.168. The number of anilines is 1. The summed E-state index contributed by atoms with van der Waals surface area (Å²) in [7, 11) is -3.64. The lowest BCUT2D eigenvalue weighted by molar-refractivity contribution is -0.113. The van der Waals surface area contributed by atoms with Crippen LogP contribution in [0.1, 0.15) is 30.9 Å². The van der Waals surface area contributed by atoms with Gasteiger partial charge >= 0.3 is 0 Å². The second-order valence-electron chi connectivity index (χ2n) is 5.90. The van der Waals surface area contributed by atoms with Crippen LogP contribution in [-0.4, -0.2) is 20.1 Å². The lowest BCUT2D eigenvalue weighted by Gasteiger charge is -2.09. The minimum Gasteiger partial charge on any atom is -0.325 e. The minimum atomic E-state index is -3.64. The van der Waals surface area contributed by atoms with Crippen LogP contribution in [-0.2, 0) is 14.6 Å². The highest BCUT2D eigenvalue weighted by atomic mass is 32.2. The molecule has 0 atom stereocenters. The zero-order chi connectivity index (χ0) is 17.0. The van der Waals surface area contributed by atoms with Crippen LogP contribution in [0.2, 0.25) is 0 Å². The quantitative estimate of drug-likeness (QED) is 0.911. The molecule has 2 aromatic rings. The number of benzene rings is 2. The van der Waals surface area contributed by atoms with Gasteiger partial charge in [0, 0.05) is 5.69 Å². The maximum atomic E-state index is 12.3. The van der Waals surface area contributed by atoms with E-state index in [2.05, 4.69) is 5.32 Å². The summed E-state index contributed by atoms with van der Waals surface area (Å²) in [6, 6.07) is 13.9. The van der Waals surface area contributed by atoms with Crippen molar-refractivity contribution in [2.75, 3.05) is 11.1 Å². The van der Waals surface area contributed by atoms with Gasteiger partial charge < -0.3 is 5.32 Å². The molecule has 122 valence electrons. The first-order chi connectivity index (χ1) is 10.8. The zero-order valence-electron chi connectivity index (χ0n) is 13.5. The lowest BCUT2D eigenvalue weighted by atomic mass is 10.0. The van der Waals surface area contributed by atoms with E-state index >= 15 is 0 Å². The Morgan fingerprint density at radius 2 is 1.74 bits per heavy atom. The molecule has 23 heavy (non-hydrogen) atoms. The average molecular weight is 331 g/mol. The van der Waals surface area contributed by atoms with Crippen molar-refractivity contribution in [3.63, 3.8) is 0 Å². The predicted octanol–water partition coefficient (Wildman–Crippen LogP) is 3.53. The molecule has 0 aromatic heterocycles. The van der Waals surface area contributed by atoms with Crippen LogP contribution in [0.4, 0.5) is 5.69 Å². The molecule has 0 aliphatic rings. The van der Waals surface area contributed by atoms with Crippen molar-refractivity contribution >= 4 is 21.4 Å². The highest BCUT2D eigenvalue weighted by Gasteiger charge is 2.19. The normalized spacial score (nSPS) is 11.5. The molecule has 0 saturated carbocycles. The number of hydrogen-bond acceptors (Lipinski definition) is 3. The number of nitrogens with one attached hydrogen (secondary N) is 1. The van der Waals surface area contributed by atoms with Crippen molar-refractivity contribution < 1.29 is 13.2 Å². The van der Waals surface area contributed by atoms with Crippen LogP contribution in [0, 0.1) is 6.92 Å². The number of amides is 1. The number of hydrogen-bond donors (Lipinski definition) is 1. The van der Waals surface area contributed by atoms with Gasteiger partial charge in [0.1, 0.15) is 5.75 Å². The van der Waals surface area contributed by atoms with E-state index in [0.29, 0.717) is 11.6 Å². The summed E-state index contributed by atoms with van der Waals surface area (Å²) in [5, 5.41) is 2.62. The molecule has 2 aromatic carbocycles. The summed E-state index contributed by atoms with van der Waals surface area (Å²) >= 11 is 0. The van der Waals surface area contributed by atoms with Gasteiger partial charge in [0.05, 0.1) is 4.90 Å². The Morgan fingerprint density at radius 3 is 2.30 bits per heavy atom. The van der Waals surface area contributed by atoms with Crippen molar-refractivity contribution in [2.45, 2.75) is 31.6 Å². The van der Waals surface area contributed by atoms with Gasteiger partial charge in [0.15, 0.2) is 9.84 Å². The molecule has 0 heterocycles. The molecule has 0 aliphatic heterocycles. The summed E-state index contributed by atoms with van der Waals surface area (Å²) in [5.74, 6) is -0.776. The fourth-order valence-electron chi connectivity index (χ4n) is 2.24. The third kappa shape index (κ3) is 4.66. The summed E-state index contributed by atoms with van der Waals surface area (Å²) in [4.78, 5) is 12.2. The summed E-state index contributed by atoms with van der Waals surface area (Å²) in [6.45, 7) is 5.99. The van der Waals surface area contributed by atoms with E-state index in [4.69, 9.17) is 0 Å². The molecule has 0 radical (unpaired) electrons. The maximum absolute atomic E-state index is 12.3. The molecular formula is C18H21NO3S. The largest absolute Gasteiger partial charge is 0.325 e. The molecule has 0 saturated heterocycles. The van der Waals surface area contributed by atoms with Gasteiger partial charge in [-0.25, -0.2) is 8.42 Å². The van der Waals surface area contributed by atoms with Gasteiger partial charge in [-0.05, 0) is 48.2 Å². The van der Waals surface area contributed by atoms with E-state index < -0.39 is 21.5 Å². The van der Waals surface area contributed by atoms with Crippen LogP contribution < -0.4 is 5.32 Å². The fourth-order valence-corrected chi connectivity index (χ4v) is 3.37. The van der Waals surface area contributed by atoms with E-state index in [9.17, 15) is 13.2 Å². The highest BCUT2D eigenvalue weighted by molar-refractivity contribution is 7.92. The molecular weight excluding hydrogens is 310 g/mol. The second kappa shape index (κ2) is 6.96. The molecule has 4 nitrogen and oxygen atoms in total. The first-order valence-corrected chi connectivity index (χ1v) is 9.12. The van der Waals surface area contributed by atoms with Crippen molar-refractivity contribution in [3.05, 3.63) is 59.7 Å². The number of carbonyl (C=O) groups excluding carboxylic acids is 1. The SMILES string of the molecule is Cc1cccc(NC(=O)CS(=O)(=O)c2ccc(C(C)C)cc2)c1. The lowest BCUT2D eigenvalue weighted by Crippen LogP contribution is -2.23. The highest BCUT2D eigenvalue weighted by Crippen LogP contribution is 2.18. The Morgan fingerprint density at radius 1 is 1.09 bits per heavy atom. The number of rotatable bonds is 5. The first-order valence-electron chi connectivity index (χ1n) is 7.47. The van der Waals surface area contributed by atoms with Crippen LogP contribution in [0.25, 0.3) is 0 Å². The Labute approximate surface area is 137 Å². The maximum Gasteiger partial charge on any atom is 0.239 e. The van der Waals surface area contributed by atoms with Gasteiger partial charge in [-0.2, -0.15) is 0 Å². The molecule has 0 fully saturated rings. The Hall–Kier alpha value is -2.14. The van der Waals surface area contributed by atoms with E-state index in [1.807, 2.05) is 32.9 Å². The van der Waals surface area contributed by atoms with E-state index in [-0.39, 0.29) is 4.90 Å². The third-order valence-electron chi connectivity index (χ3n) is 3.53. The second-order valence-corrected chi connectivity index (χ2v) is 7.89. The topological polar surface area (TPSA) is 63.2 Å². The van der Waals surface area contributed by atoms with Crippen LogP contribution in [0.3, 0.4) is 0 Å². The Bertz CT molecular complexity index is 793. The van der Waals surface area contributed by atoms with E-state index in [1.165, 1.54) is 0 Å². The summed E-state index contributed by atoms with van der Waals surface area (Å²) < 4.78 is 24.6. The molecule has 2 rings (SSSR count). The molecule has 1 amide bonds.